The highest BCUT2D eigenvalue weighted by atomic mass is 16.2. The van der Waals surface area contributed by atoms with Crippen molar-refractivity contribution in [2.45, 2.75) is 31.6 Å². The zero-order chi connectivity index (χ0) is 19.9. The highest BCUT2D eigenvalue weighted by Gasteiger charge is 2.26. The monoisotopic (exact) mass is 381 g/mol. The van der Waals surface area contributed by atoms with Gasteiger partial charge in [-0.1, -0.05) is 18.2 Å². The Hall–Kier alpha value is -2.96. The number of aryl methyl sites for hydroxylation is 1. The molecule has 0 bridgehead atoms. The third-order valence-electron chi connectivity index (χ3n) is 5.10. The summed E-state index contributed by atoms with van der Waals surface area (Å²) in [6.07, 6.45) is 6.27. The highest BCUT2D eigenvalue weighted by molar-refractivity contribution is 5.90. The van der Waals surface area contributed by atoms with E-state index in [1.165, 1.54) is 0 Å². The summed E-state index contributed by atoms with van der Waals surface area (Å²) in [6.45, 7) is 1.37. The van der Waals surface area contributed by atoms with Crippen LogP contribution in [0.15, 0.2) is 42.9 Å². The fraction of sp³-hybridized carbons (Fsp3) is 0.429. The number of hydrogen-bond acceptors (Lipinski definition) is 4. The van der Waals surface area contributed by atoms with E-state index in [2.05, 4.69) is 15.3 Å². The van der Waals surface area contributed by atoms with Crippen LogP contribution in [-0.2, 0) is 11.2 Å². The molecule has 148 valence electrons. The van der Waals surface area contributed by atoms with Crippen molar-refractivity contribution in [3.63, 3.8) is 0 Å². The highest BCUT2D eigenvalue weighted by Crippen LogP contribution is 2.26. The summed E-state index contributed by atoms with van der Waals surface area (Å²) in [6, 6.07) is 9.48. The first-order valence-electron chi connectivity index (χ1n) is 9.64. The molecule has 2 heterocycles. The molecule has 1 N–H and O–H groups in total. The van der Waals surface area contributed by atoms with Crippen molar-refractivity contribution < 1.29 is 9.59 Å². The number of nitrogens with one attached hydrogen (secondary N) is 1. The van der Waals surface area contributed by atoms with Gasteiger partial charge in [-0.25, -0.2) is 14.8 Å². The Morgan fingerprint density at radius 3 is 2.82 bits per heavy atom. The van der Waals surface area contributed by atoms with Gasteiger partial charge in [-0.15, -0.1) is 0 Å². The van der Waals surface area contributed by atoms with Crippen molar-refractivity contribution >= 4 is 17.6 Å². The second-order valence-electron chi connectivity index (χ2n) is 7.29. The molecule has 1 aromatic heterocycles. The van der Waals surface area contributed by atoms with Crippen LogP contribution in [-0.4, -0.2) is 58.9 Å². The average Bonchev–Trinajstić information content (AvgIpc) is 2.73. The number of hydrogen-bond donors (Lipinski definition) is 1. The number of nitrogens with zero attached hydrogens (tertiary/aromatic N) is 4. The standard InChI is InChI=1S/C21H27N5O2/c1-25(2)20(27)10-9-16-6-3-4-8-19(16)24-21(28)26-13-5-7-17(14-26)18-11-12-22-15-23-18/h3-4,6,8,11-12,15,17H,5,7,9-10,13-14H2,1-2H3,(H,24,28)/t17-/m1/s1. The lowest BCUT2D eigenvalue weighted by molar-refractivity contribution is -0.128. The molecular formula is C21H27N5O2. The lowest BCUT2D eigenvalue weighted by Crippen LogP contribution is -2.41. The topological polar surface area (TPSA) is 78.4 Å². The van der Waals surface area contributed by atoms with E-state index < -0.39 is 0 Å². The number of carbonyl (C=O) groups excluding carboxylic acids is 2. The Kier molecular flexibility index (Phi) is 6.57. The molecule has 0 radical (unpaired) electrons. The molecule has 1 saturated heterocycles. The molecule has 0 unspecified atom stereocenters. The molecule has 3 amide bonds. The lowest BCUT2D eigenvalue weighted by atomic mass is 9.95. The summed E-state index contributed by atoms with van der Waals surface area (Å²) in [4.78, 5) is 36.5. The van der Waals surface area contributed by atoms with Gasteiger partial charge in [0, 0.05) is 57.1 Å². The van der Waals surface area contributed by atoms with Crippen LogP contribution in [0.1, 0.15) is 36.4 Å². The number of anilines is 1. The largest absolute Gasteiger partial charge is 0.349 e. The van der Waals surface area contributed by atoms with E-state index in [4.69, 9.17) is 0 Å². The summed E-state index contributed by atoms with van der Waals surface area (Å²) in [5.74, 6) is 0.306. The molecule has 0 spiro atoms. The van der Waals surface area contributed by atoms with Gasteiger partial charge in [0.1, 0.15) is 6.33 Å². The second-order valence-corrected chi connectivity index (χ2v) is 7.29. The third-order valence-corrected chi connectivity index (χ3v) is 5.10. The van der Waals surface area contributed by atoms with Crippen LogP contribution < -0.4 is 5.32 Å². The molecule has 1 aliphatic rings. The zero-order valence-corrected chi connectivity index (χ0v) is 16.5. The Balaban J connectivity index is 1.63. The molecule has 28 heavy (non-hydrogen) atoms. The quantitative estimate of drug-likeness (QED) is 0.864. The Labute approximate surface area is 165 Å². The maximum atomic E-state index is 12.8. The second kappa shape index (κ2) is 9.30. The molecule has 1 atom stereocenters. The normalized spacial score (nSPS) is 16.5. The van der Waals surface area contributed by atoms with Crippen LogP contribution in [0.25, 0.3) is 0 Å². The van der Waals surface area contributed by atoms with E-state index in [1.54, 1.807) is 31.5 Å². The number of piperidine rings is 1. The summed E-state index contributed by atoms with van der Waals surface area (Å²) >= 11 is 0. The molecule has 0 saturated carbocycles. The van der Waals surface area contributed by atoms with Gasteiger partial charge in [0.25, 0.3) is 0 Å². The third kappa shape index (κ3) is 5.06. The number of carbonyl (C=O) groups is 2. The summed E-state index contributed by atoms with van der Waals surface area (Å²) < 4.78 is 0. The van der Waals surface area contributed by atoms with Crippen LogP contribution in [0.5, 0.6) is 0 Å². The number of aromatic nitrogens is 2. The van der Waals surface area contributed by atoms with E-state index in [1.807, 2.05) is 35.2 Å². The Morgan fingerprint density at radius 2 is 2.07 bits per heavy atom. The molecule has 1 aromatic carbocycles. The van der Waals surface area contributed by atoms with E-state index in [-0.39, 0.29) is 17.9 Å². The van der Waals surface area contributed by atoms with Gasteiger partial charge in [-0.2, -0.15) is 0 Å². The van der Waals surface area contributed by atoms with Crippen molar-refractivity contribution in [3.05, 3.63) is 54.1 Å². The van der Waals surface area contributed by atoms with Crippen LogP contribution in [0, 0.1) is 0 Å². The fourth-order valence-corrected chi connectivity index (χ4v) is 3.47. The first-order valence-corrected chi connectivity index (χ1v) is 9.64. The van der Waals surface area contributed by atoms with Gasteiger partial charge < -0.3 is 15.1 Å². The molecule has 2 aromatic rings. The number of para-hydroxylation sites is 1. The minimum atomic E-state index is -0.106. The van der Waals surface area contributed by atoms with Gasteiger partial charge >= 0.3 is 6.03 Å². The molecule has 3 rings (SSSR count). The predicted molar refractivity (Wildman–Crippen MR) is 108 cm³/mol. The SMILES string of the molecule is CN(C)C(=O)CCc1ccccc1NC(=O)N1CCC[C@@H](c2ccncn2)C1. The summed E-state index contributed by atoms with van der Waals surface area (Å²) in [5.41, 5.74) is 2.72. The van der Waals surface area contributed by atoms with Gasteiger partial charge in [0.2, 0.25) is 5.91 Å². The van der Waals surface area contributed by atoms with Crippen LogP contribution >= 0.6 is 0 Å². The van der Waals surface area contributed by atoms with E-state index in [9.17, 15) is 9.59 Å². The van der Waals surface area contributed by atoms with Crippen LogP contribution in [0.3, 0.4) is 0 Å². The van der Waals surface area contributed by atoms with Crippen molar-refractivity contribution in [1.82, 2.24) is 19.8 Å². The summed E-state index contributed by atoms with van der Waals surface area (Å²) in [5, 5.41) is 3.03. The van der Waals surface area contributed by atoms with Crippen molar-refractivity contribution in [2.24, 2.45) is 0 Å². The zero-order valence-electron chi connectivity index (χ0n) is 16.5. The number of urea groups is 1. The molecular weight excluding hydrogens is 354 g/mol. The molecule has 0 aliphatic carbocycles. The predicted octanol–water partition coefficient (Wildman–Crippen LogP) is 2.91. The Bertz CT molecular complexity index is 809. The number of likely N-dealkylation sites (tertiary alicyclic amines) is 1. The molecule has 1 fully saturated rings. The average molecular weight is 381 g/mol. The first-order chi connectivity index (χ1) is 13.5. The van der Waals surface area contributed by atoms with E-state index in [0.717, 1.165) is 36.3 Å². The van der Waals surface area contributed by atoms with Crippen molar-refractivity contribution in [3.8, 4) is 0 Å². The van der Waals surface area contributed by atoms with E-state index >= 15 is 0 Å². The van der Waals surface area contributed by atoms with Gasteiger partial charge in [0.05, 0.1) is 0 Å². The Morgan fingerprint density at radius 1 is 1.25 bits per heavy atom. The fourth-order valence-electron chi connectivity index (χ4n) is 3.47. The maximum Gasteiger partial charge on any atom is 0.321 e. The van der Waals surface area contributed by atoms with Gasteiger partial charge in [-0.3, -0.25) is 4.79 Å². The molecule has 7 nitrogen and oxygen atoms in total. The number of benzene rings is 1. The number of rotatable bonds is 5. The van der Waals surface area contributed by atoms with Crippen LogP contribution in [0.2, 0.25) is 0 Å². The minimum Gasteiger partial charge on any atom is -0.349 e. The maximum absolute atomic E-state index is 12.8. The van der Waals surface area contributed by atoms with Gasteiger partial charge in [-0.05, 0) is 37.0 Å². The molecule has 1 aliphatic heterocycles. The molecule has 7 heteroatoms. The van der Waals surface area contributed by atoms with Crippen molar-refractivity contribution in [1.29, 1.82) is 0 Å². The van der Waals surface area contributed by atoms with Gasteiger partial charge in [0.15, 0.2) is 0 Å². The minimum absolute atomic E-state index is 0.0739. The first kappa shape index (κ1) is 19.8. The van der Waals surface area contributed by atoms with Crippen molar-refractivity contribution in [2.75, 3.05) is 32.5 Å². The number of amides is 3. The van der Waals surface area contributed by atoms with E-state index in [0.29, 0.717) is 19.4 Å². The van der Waals surface area contributed by atoms with Crippen LogP contribution in [0.4, 0.5) is 10.5 Å². The summed E-state index contributed by atoms with van der Waals surface area (Å²) in [7, 11) is 3.50. The lowest BCUT2D eigenvalue weighted by Gasteiger charge is -2.32. The smallest absolute Gasteiger partial charge is 0.321 e.